The number of esters is 2. The van der Waals surface area contributed by atoms with Crippen LogP contribution in [0.4, 0.5) is 0 Å². The van der Waals surface area contributed by atoms with Crippen LogP contribution >= 0.6 is 0 Å². The van der Waals surface area contributed by atoms with Crippen LogP contribution in [0, 0.1) is 29.1 Å². The summed E-state index contributed by atoms with van der Waals surface area (Å²) in [5.74, 6) is -1.18. The molecule has 114 valence electrons. The average molecular weight is 283 g/mol. The number of hydrogen-bond donors (Lipinski definition) is 0. The molecule has 2 atom stereocenters. The third-order valence-electron chi connectivity index (χ3n) is 3.24. The molecule has 0 bridgehead atoms. The van der Waals surface area contributed by atoms with Crippen LogP contribution in [0.1, 0.15) is 47.0 Å². The van der Waals surface area contributed by atoms with E-state index in [0.29, 0.717) is 19.4 Å². The minimum Gasteiger partial charge on any atom is -0.466 e. The zero-order chi connectivity index (χ0) is 15.5. The Morgan fingerprint density at radius 1 is 1.15 bits per heavy atom. The van der Waals surface area contributed by atoms with E-state index in [2.05, 4.69) is 6.07 Å². The first-order chi connectivity index (χ1) is 9.47. The third kappa shape index (κ3) is 6.55. The second-order valence-electron chi connectivity index (χ2n) is 4.97. The molecule has 2 unspecified atom stereocenters. The molecule has 5 heteroatoms. The predicted octanol–water partition coefficient (Wildman–Crippen LogP) is 2.69. The van der Waals surface area contributed by atoms with Crippen LogP contribution in [-0.4, -0.2) is 25.2 Å². The number of ether oxygens (including phenoxy) is 2. The summed E-state index contributed by atoms with van der Waals surface area (Å²) in [5.41, 5.74) is 0. The number of carbonyl (C=O) groups is 2. The number of nitriles is 1. The van der Waals surface area contributed by atoms with Crippen LogP contribution in [0.15, 0.2) is 0 Å². The van der Waals surface area contributed by atoms with E-state index in [-0.39, 0.29) is 30.8 Å². The summed E-state index contributed by atoms with van der Waals surface area (Å²) in [6, 6.07) is 2.09. The summed E-state index contributed by atoms with van der Waals surface area (Å²) in [4.78, 5) is 23.7. The van der Waals surface area contributed by atoms with E-state index in [1.807, 2.05) is 13.8 Å². The molecule has 0 spiro atoms. The lowest BCUT2D eigenvalue weighted by atomic mass is 9.78. The van der Waals surface area contributed by atoms with Crippen molar-refractivity contribution in [2.75, 3.05) is 13.2 Å². The highest BCUT2D eigenvalue weighted by Crippen LogP contribution is 2.30. The summed E-state index contributed by atoms with van der Waals surface area (Å²) >= 11 is 0. The van der Waals surface area contributed by atoms with Gasteiger partial charge in [-0.3, -0.25) is 9.59 Å². The van der Waals surface area contributed by atoms with Crippen LogP contribution in [0.5, 0.6) is 0 Å². The summed E-state index contributed by atoms with van der Waals surface area (Å²) in [6.45, 7) is 8.00. The Labute approximate surface area is 121 Å². The van der Waals surface area contributed by atoms with Crippen LogP contribution in [0.25, 0.3) is 0 Å². The molecule has 0 aromatic carbocycles. The van der Waals surface area contributed by atoms with Crippen molar-refractivity contribution in [2.45, 2.75) is 47.0 Å². The van der Waals surface area contributed by atoms with Crippen molar-refractivity contribution in [2.24, 2.45) is 17.8 Å². The molecule has 0 heterocycles. The molecular weight excluding hydrogens is 258 g/mol. The Hall–Kier alpha value is -1.57. The topological polar surface area (TPSA) is 76.4 Å². The van der Waals surface area contributed by atoms with Crippen molar-refractivity contribution in [3.63, 3.8) is 0 Å². The number of hydrogen-bond acceptors (Lipinski definition) is 5. The second-order valence-corrected chi connectivity index (χ2v) is 4.97. The third-order valence-corrected chi connectivity index (χ3v) is 3.24. The minimum absolute atomic E-state index is 0.0148. The largest absolute Gasteiger partial charge is 0.466 e. The van der Waals surface area contributed by atoms with E-state index in [1.165, 1.54) is 0 Å². The zero-order valence-electron chi connectivity index (χ0n) is 12.8. The molecule has 0 fully saturated rings. The van der Waals surface area contributed by atoms with Crippen molar-refractivity contribution < 1.29 is 19.1 Å². The van der Waals surface area contributed by atoms with Gasteiger partial charge in [0, 0.05) is 6.42 Å². The second kappa shape index (κ2) is 10.2. The van der Waals surface area contributed by atoms with Gasteiger partial charge in [0.15, 0.2) is 0 Å². The maximum absolute atomic E-state index is 12.1. The molecule has 0 aliphatic carbocycles. The molecule has 0 N–H and O–H groups in total. The molecule has 0 saturated carbocycles. The normalized spacial score (nSPS) is 13.4. The fraction of sp³-hybridized carbons (Fsp3) is 0.800. The molecule has 5 nitrogen and oxygen atoms in total. The van der Waals surface area contributed by atoms with Crippen molar-refractivity contribution in [3.8, 4) is 6.07 Å². The standard InChI is InChI=1S/C15H25NO4/c1-5-19-14(17)10-13(15(18)20-6-2)12(11(3)4)8-7-9-16/h11-13H,5-8,10H2,1-4H3. The van der Waals surface area contributed by atoms with Crippen LogP contribution in [0.2, 0.25) is 0 Å². The van der Waals surface area contributed by atoms with Gasteiger partial charge >= 0.3 is 11.9 Å². The lowest BCUT2D eigenvalue weighted by molar-refractivity contribution is -0.157. The summed E-state index contributed by atoms with van der Waals surface area (Å²) in [5, 5.41) is 8.73. The van der Waals surface area contributed by atoms with E-state index in [9.17, 15) is 9.59 Å². The highest BCUT2D eigenvalue weighted by Gasteiger charge is 2.33. The summed E-state index contributed by atoms with van der Waals surface area (Å²) in [7, 11) is 0. The molecular formula is C15H25NO4. The van der Waals surface area contributed by atoms with Gasteiger partial charge in [-0.05, 0) is 32.1 Å². The SMILES string of the molecule is CCOC(=O)CC(C(=O)OCC)C(CCC#N)C(C)C. The van der Waals surface area contributed by atoms with E-state index < -0.39 is 11.9 Å². The fourth-order valence-electron chi connectivity index (χ4n) is 2.29. The van der Waals surface area contributed by atoms with Crippen LogP contribution in [-0.2, 0) is 19.1 Å². The van der Waals surface area contributed by atoms with Crippen LogP contribution < -0.4 is 0 Å². The van der Waals surface area contributed by atoms with Gasteiger partial charge in [-0.1, -0.05) is 13.8 Å². The monoisotopic (exact) mass is 283 g/mol. The van der Waals surface area contributed by atoms with Crippen molar-refractivity contribution in [1.29, 1.82) is 5.26 Å². The van der Waals surface area contributed by atoms with Gasteiger partial charge in [-0.15, -0.1) is 0 Å². The van der Waals surface area contributed by atoms with E-state index >= 15 is 0 Å². The van der Waals surface area contributed by atoms with Gasteiger partial charge in [0.1, 0.15) is 0 Å². The average Bonchev–Trinajstić information content (AvgIpc) is 2.38. The van der Waals surface area contributed by atoms with E-state index in [4.69, 9.17) is 14.7 Å². The fourth-order valence-corrected chi connectivity index (χ4v) is 2.29. The van der Waals surface area contributed by atoms with Gasteiger partial charge in [0.25, 0.3) is 0 Å². The van der Waals surface area contributed by atoms with E-state index in [0.717, 1.165) is 0 Å². The summed E-state index contributed by atoms with van der Waals surface area (Å²) < 4.78 is 9.99. The minimum atomic E-state index is -0.539. The van der Waals surface area contributed by atoms with Gasteiger partial charge < -0.3 is 9.47 Å². The number of rotatable bonds is 9. The van der Waals surface area contributed by atoms with Crippen molar-refractivity contribution in [1.82, 2.24) is 0 Å². The first-order valence-electron chi connectivity index (χ1n) is 7.17. The highest BCUT2D eigenvalue weighted by atomic mass is 16.5. The van der Waals surface area contributed by atoms with Crippen LogP contribution in [0.3, 0.4) is 0 Å². The van der Waals surface area contributed by atoms with Crippen molar-refractivity contribution in [3.05, 3.63) is 0 Å². The molecule has 0 aliphatic heterocycles. The smallest absolute Gasteiger partial charge is 0.309 e. The number of carbonyl (C=O) groups excluding carboxylic acids is 2. The van der Waals surface area contributed by atoms with Gasteiger partial charge in [0.05, 0.1) is 31.6 Å². The first kappa shape index (κ1) is 18.4. The molecule has 0 aromatic rings. The Morgan fingerprint density at radius 3 is 2.20 bits per heavy atom. The lowest BCUT2D eigenvalue weighted by Crippen LogP contribution is -2.32. The Balaban J connectivity index is 4.98. The molecule has 20 heavy (non-hydrogen) atoms. The molecule has 0 aromatic heterocycles. The van der Waals surface area contributed by atoms with Gasteiger partial charge in [-0.2, -0.15) is 5.26 Å². The van der Waals surface area contributed by atoms with Gasteiger partial charge in [0.2, 0.25) is 0 Å². The maximum Gasteiger partial charge on any atom is 0.309 e. The van der Waals surface area contributed by atoms with Crippen molar-refractivity contribution >= 4 is 11.9 Å². The van der Waals surface area contributed by atoms with Gasteiger partial charge in [-0.25, -0.2) is 0 Å². The molecule has 0 amide bonds. The Kier molecular flexibility index (Phi) is 9.44. The molecule has 0 rings (SSSR count). The number of nitrogens with zero attached hydrogens (tertiary/aromatic N) is 1. The Morgan fingerprint density at radius 2 is 1.75 bits per heavy atom. The Bertz CT molecular complexity index is 346. The maximum atomic E-state index is 12.1. The first-order valence-corrected chi connectivity index (χ1v) is 7.17. The predicted molar refractivity (Wildman–Crippen MR) is 74.5 cm³/mol. The van der Waals surface area contributed by atoms with E-state index in [1.54, 1.807) is 13.8 Å². The quantitative estimate of drug-likeness (QED) is 0.608. The zero-order valence-corrected chi connectivity index (χ0v) is 12.8. The summed E-state index contributed by atoms with van der Waals surface area (Å²) in [6.07, 6.45) is 0.958. The highest BCUT2D eigenvalue weighted by molar-refractivity contribution is 5.80. The molecule has 0 radical (unpaired) electrons. The molecule has 0 saturated heterocycles. The molecule has 0 aliphatic rings. The lowest BCUT2D eigenvalue weighted by Gasteiger charge is -2.27.